The van der Waals surface area contributed by atoms with Crippen LogP contribution in [0.4, 0.5) is 5.69 Å². The van der Waals surface area contributed by atoms with E-state index < -0.39 is 0 Å². The van der Waals surface area contributed by atoms with Gasteiger partial charge < -0.3 is 19.2 Å². The fraction of sp³-hybridized carbons (Fsp3) is 0.240. The molecule has 4 aromatic rings. The van der Waals surface area contributed by atoms with E-state index in [1.54, 1.807) is 36.7 Å². The van der Waals surface area contributed by atoms with Gasteiger partial charge >= 0.3 is 0 Å². The first-order valence-electron chi connectivity index (χ1n) is 10.9. The maximum atomic E-state index is 13.4. The number of anilines is 1. The minimum absolute atomic E-state index is 0.0541. The Morgan fingerprint density at radius 3 is 2.85 bits per heavy atom. The van der Waals surface area contributed by atoms with Crippen molar-refractivity contribution in [3.63, 3.8) is 0 Å². The number of ether oxygens (including phenoxy) is 2. The minimum Gasteiger partial charge on any atom is -0.489 e. The molecule has 174 valence electrons. The number of benzene rings is 2. The van der Waals surface area contributed by atoms with Crippen LogP contribution in [0.3, 0.4) is 0 Å². The molecule has 0 radical (unpaired) electrons. The van der Waals surface area contributed by atoms with Gasteiger partial charge in [0.05, 0.1) is 11.8 Å². The molecule has 1 aliphatic rings. The van der Waals surface area contributed by atoms with Crippen LogP contribution in [0.25, 0.3) is 11.0 Å². The van der Waals surface area contributed by atoms with Crippen molar-refractivity contribution >= 4 is 45.9 Å². The number of carbonyl (C=O) groups is 1. The topological polar surface area (TPSA) is 86.5 Å². The highest BCUT2D eigenvalue weighted by molar-refractivity contribution is 7.98. The fourth-order valence-corrected chi connectivity index (χ4v) is 4.79. The van der Waals surface area contributed by atoms with Gasteiger partial charge in [-0.05, 0) is 43.2 Å². The van der Waals surface area contributed by atoms with Gasteiger partial charge in [-0.1, -0.05) is 41.6 Å². The Labute approximate surface area is 205 Å². The number of halogens is 1. The number of hydrogen-bond donors (Lipinski definition) is 1. The summed E-state index contributed by atoms with van der Waals surface area (Å²) in [6.45, 7) is 1.16. The Balaban J connectivity index is 1.39. The van der Waals surface area contributed by atoms with E-state index in [2.05, 4.69) is 15.3 Å². The molecule has 1 aliphatic heterocycles. The van der Waals surface area contributed by atoms with E-state index in [-0.39, 0.29) is 17.8 Å². The van der Waals surface area contributed by atoms with Crippen molar-refractivity contribution in [1.82, 2.24) is 9.97 Å². The van der Waals surface area contributed by atoms with Crippen LogP contribution in [0.2, 0.25) is 5.02 Å². The van der Waals surface area contributed by atoms with Gasteiger partial charge in [-0.3, -0.25) is 4.79 Å². The van der Waals surface area contributed by atoms with Gasteiger partial charge in [-0.25, -0.2) is 9.97 Å². The number of aromatic nitrogens is 2. The van der Waals surface area contributed by atoms with Crippen molar-refractivity contribution in [2.45, 2.75) is 29.9 Å². The molecular formula is C25H22ClN3O4S. The Kier molecular flexibility index (Phi) is 6.99. The number of nitrogens with one attached hydrogen (secondary N) is 1. The molecule has 7 nitrogen and oxygen atoms in total. The lowest BCUT2D eigenvalue weighted by atomic mass is 10.1. The zero-order valence-corrected chi connectivity index (χ0v) is 19.8. The molecule has 9 heteroatoms. The summed E-state index contributed by atoms with van der Waals surface area (Å²) in [6, 6.07) is 14.5. The van der Waals surface area contributed by atoms with Gasteiger partial charge in [0.1, 0.15) is 17.9 Å². The molecule has 2 aromatic heterocycles. The third-order valence-electron chi connectivity index (χ3n) is 5.43. The second-order valence-corrected chi connectivity index (χ2v) is 9.15. The summed E-state index contributed by atoms with van der Waals surface area (Å²) in [7, 11) is 0. The molecule has 2 aromatic carbocycles. The first-order valence-corrected chi connectivity index (χ1v) is 12.3. The van der Waals surface area contributed by atoms with Crippen LogP contribution in [0, 0.1) is 0 Å². The van der Waals surface area contributed by atoms with Crippen LogP contribution in [0.1, 0.15) is 29.0 Å². The number of rotatable bonds is 8. The van der Waals surface area contributed by atoms with Crippen molar-refractivity contribution in [3.05, 3.63) is 77.3 Å². The normalized spacial score (nSPS) is 15.5. The number of thioether (sulfide) groups is 1. The third-order valence-corrected chi connectivity index (χ3v) is 6.57. The van der Waals surface area contributed by atoms with Crippen LogP contribution in [-0.2, 0) is 10.5 Å². The Hall–Kier alpha value is -3.07. The quantitative estimate of drug-likeness (QED) is 0.238. The summed E-state index contributed by atoms with van der Waals surface area (Å²) in [4.78, 5) is 21.9. The summed E-state index contributed by atoms with van der Waals surface area (Å²) < 4.78 is 17.6. The first kappa shape index (κ1) is 22.7. The molecule has 1 amide bonds. The van der Waals surface area contributed by atoms with Gasteiger partial charge in [-0.15, -0.1) is 0 Å². The lowest BCUT2D eigenvalue weighted by Crippen LogP contribution is -2.18. The molecule has 0 spiro atoms. The van der Waals surface area contributed by atoms with Gasteiger partial charge in [0.25, 0.3) is 5.91 Å². The SMILES string of the molecule is O=C(Nc1cc(Cl)ccc1OCC1CCCO1)c1oc2ccccc2c1CSc1ncccn1. The van der Waals surface area contributed by atoms with Crippen molar-refractivity contribution < 1.29 is 18.7 Å². The largest absolute Gasteiger partial charge is 0.489 e. The predicted molar refractivity (Wildman–Crippen MR) is 132 cm³/mol. The lowest BCUT2D eigenvalue weighted by Gasteiger charge is -2.15. The average molecular weight is 496 g/mol. The van der Waals surface area contributed by atoms with Crippen molar-refractivity contribution in [1.29, 1.82) is 0 Å². The number of furan rings is 1. The Morgan fingerprint density at radius 1 is 1.18 bits per heavy atom. The summed E-state index contributed by atoms with van der Waals surface area (Å²) in [5.41, 5.74) is 1.88. The molecule has 1 unspecified atom stereocenters. The number of amides is 1. The van der Waals surface area contributed by atoms with E-state index in [0.717, 1.165) is 30.4 Å². The Morgan fingerprint density at radius 2 is 2.03 bits per heavy atom. The maximum Gasteiger partial charge on any atom is 0.291 e. The number of carbonyl (C=O) groups excluding carboxylic acids is 1. The fourth-order valence-electron chi connectivity index (χ4n) is 3.79. The number of hydrogen-bond acceptors (Lipinski definition) is 7. The molecule has 1 N–H and O–H groups in total. The van der Waals surface area contributed by atoms with Crippen molar-refractivity contribution in [2.24, 2.45) is 0 Å². The maximum absolute atomic E-state index is 13.4. The number of nitrogens with zero attached hydrogens (tertiary/aromatic N) is 2. The standard InChI is InChI=1S/C25H22ClN3O4S/c26-16-8-9-22(32-14-17-5-3-12-31-17)20(13-16)29-24(30)23-19(15-34-25-27-10-4-11-28-25)18-6-1-2-7-21(18)33-23/h1-2,4,6-11,13,17H,3,5,12,14-15H2,(H,29,30). The molecule has 0 bridgehead atoms. The van der Waals surface area contributed by atoms with E-state index in [1.165, 1.54) is 11.8 Å². The third kappa shape index (κ3) is 5.19. The monoisotopic (exact) mass is 495 g/mol. The van der Waals surface area contributed by atoms with Gasteiger partial charge in [0.2, 0.25) is 0 Å². The summed E-state index contributed by atoms with van der Waals surface area (Å²) in [5, 5.41) is 4.90. The zero-order chi connectivity index (χ0) is 23.3. The Bertz CT molecular complexity index is 1290. The molecular weight excluding hydrogens is 474 g/mol. The molecule has 5 rings (SSSR count). The average Bonchev–Trinajstić information content (AvgIpc) is 3.51. The molecule has 1 saturated heterocycles. The van der Waals surface area contributed by atoms with Crippen LogP contribution in [0.5, 0.6) is 5.75 Å². The van der Waals surface area contributed by atoms with Crippen LogP contribution in [0.15, 0.2) is 70.5 Å². The highest BCUT2D eigenvalue weighted by Gasteiger charge is 2.23. The summed E-state index contributed by atoms with van der Waals surface area (Å²) in [5.74, 6) is 0.847. The van der Waals surface area contributed by atoms with Crippen LogP contribution in [-0.4, -0.2) is 35.2 Å². The molecule has 0 aliphatic carbocycles. The highest BCUT2D eigenvalue weighted by Crippen LogP contribution is 2.33. The smallest absolute Gasteiger partial charge is 0.291 e. The van der Waals surface area contributed by atoms with Gasteiger partial charge in [0.15, 0.2) is 10.9 Å². The highest BCUT2D eigenvalue weighted by atomic mass is 35.5. The minimum atomic E-state index is -0.384. The molecule has 0 saturated carbocycles. The second-order valence-electron chi connectivity index (χ2n) is 7.77. The van der Waals surface area contributed by atoms with Crippen LogP contribution < -0.4 is 10.1 Å². The second kappa shape index (κ2) is 10.5. The van der Waals surface area contributed by atoms with Gasteiger partial charge in [-0.2, -0.15) is 0 Å². The lowest BCUT2D eigenvalue weighted by molar-refractivity contribution is 0.0682. The molecule has 34 heavy (non-hydrogen) atoms. The predicted octanol–water partition coefficient (Wildman–Crippen LogP) is 5.98. The van der Waals surface area contributed by atoms with E-state index in [1.807, 2.05) is 24.3 Å². The summed E-state index contributed by atoms with van der Waals surface area (Å²) in [6.07, 6.45) is 5.42. The van der Waals surface area contributed by atoms with Crippen molar-refractivity contribution in [2.75, 3.05) is 18.5 Å². The van der Waals surface area contributed by atoms with Gasteiger partial charge in [0, 0.05) is 40.7 Å². The van der Waals surface area contributed by atoms with E-state index in [0.29, 0.717) is 39.6 Å². The first-order chi connectivity index (χ1) is 16.7. The van der Waals surface area contributed by atoms with Crippen molar-refractivity contribution in [3.8, 4) is 5.75 Å². The zero-order valence-electron chi connectivity index (χ0n) is 18.2. The summed E-state index contributed by atoms with van der Waals surface area (Å²) >= 11 is 7.65. The number of para-hydroxylation sites is 1. The van der Waals surface area contributed by atoms with Crippen LogP contribution >= 0.6 is 23.4 Å². The molecule has 3 heterocycles. The number of fused-ring (bicyclic) bond motifs is 1. The molecule has 1 atom stereocenters. The van der Waals surface area contributed by atoms with E-state index in [4.69, 9.17) is 25.5 Å². The molecule has 1 fully saturated rings. The van der Waals surface area contributed by atoms with E-state index in [9.17, 15) is 4.79 Å². The van der Waals surface area contributed by atoms with E-state index >= 15 is 0 Å².